The van der Waals surface area contributed by atoms with E-state index in [2.05, 4.69) is 12.2 Å². The van der Waals surface area contributed by atoms with Gasteiger partial charge < -0.3 is 10.4 Å². The van der Waals surface area contributed by atoms with Crippen LogP contribution in [0, 0.1) is 10.1 Å². The predicted octanol–water partition coefficient (Wildman–Crippen LogP) is 3.70. The molecule has 0 bridgehead atoms. The molecule has 1 saturated heterocycles. The first-order valence-electron chi connectivity index (χ1n) is 8.90. The number of amides is 2. The second-order valence-corrected chi connectivity index (χ2v) is 8.05. The lowest BCUT2D eigenvalue weighted by Gasteiger charge is -2.14. The van der Waals surface area contributed by atoms with Gasteiger partial charge in [0, 0.05) is 6.07 Å². The van der Waals surface area contributed by atoms with Crippen LogP contribution in [0.4, 0.5) is 11.4 Å². The summed E-state index contributed by atoms with van der Waals surface area (Å²) in [6, 6.07) is 11.1. The SMILES string of the molecule is CCc1ccc(/C=C2/SC(=S)N(CC(=O)Nc3ccc([N+](=O)[O-])cc3O)C2=O)cc1. The van der Waals surface area contributed by atoms with E-state index in [4.69, 9.17) is 12.2 Å². The zero-order valence-electron chi connectivity index (χ0n) is 15.8. The van der Waals surface area contributed by atoms with Gasteiger partial charge in [0.05, 0.1) is 21.6 Å². The minimum atomic E-state index is -0.659. The van der Waals surface area contributed by atoms with Gasteiger partial charge in [0.2, 0.25) is 5.91 Å². The topological polar surface area (TPSA) is 113 Å². The summed E-state index contributed by atoms with van der Waals surface area (Å²) in [5, 5.41) is 23.0. The number of thioether (sulfide) groups is 1. The van der Waals surface area contributed by atoms with Gasteiger partial charge in [-0.05, 0) is 29.7 Å². The molecule has 3 rings (SSSR count). The standard InChI is InChI=1S/C20H17N3O5S2/c1-2-12-3-5-13(6-4-12)9-17-19(26)22(20(29)30-17)11-18(25)21-15-8-7-14(23(27)28)10-16(15)24/h3-10,24H,2,11H2,1H3,(H,21,25)/b17-9+. The highest BCUT2D eigenvalue weighted by atomic mass is 32.2. The molecule has 8 nitrogen and oxygen atoms in total. The molecule has 0 spiro atoms. The van der Waals surface area contributed by atoms with Crippen molar-refractivity contribution >= 4 is 57.6 Å². The van der Waals surface area contributed by atoms with Crippen molar-refractivity contribution in [2.75, 3.05) is 11.9 Å². The van der Waals surface area contributed by atoms with E-state index in [1.54, 1.807) is 6.08 Å². The Balaban J connectivity index is 1.68. The zero-order chi connectivity index (χ0) is 21.8. The summed E-state index contributed by atoms with van der Waals surface area (Å²) in [5.41, 5.74) is 1.74. The molecular formula is C20H17N3O5S2. The summed E-state index contributed by atoms with van der Waals surface area (Å²) < 4.78 is 0.250. The second kappa shape index (κ2) is 9.06. The first-order valence-corrected chi connectivity index (χ1v) is 10.1. The fourth-order valence-corrected chi connectivity index (χ4v) is 3.96. The number of benzene rings is 2. The summed E-state index contributed by atoms with van der Waals surface area (Å²) in [4.78, 5) is 36.6. The maximum Gasteiger partial charge on any atom is 0.273 e. The molecule has 1 fully saturated rings. The number of nitrogens with zero attached hydrogens (tertiary/aromatic N) is 2. The fraction of sp³-hybridized carbons (Fsp3) is 0.150. The van der Waals surface area contributed by atoms with Gasteiger partial charge in [-0.1, -0.05) is 55.2 Å². The lowest BCUT2D eigenvalue weighted by Crippen LogP contribution is -2.36. The van der Waals surface area contributed by atoms with Crippen molar-refractivity contribution < 1.29 is 19.6 Å². The number of nitro benzene ring substituents is 1. The van der Waals surface area contributed by atoms with Crippen molar-refractivity contribution in [1.29, 1.82) is 0 Å². The number of hydrogen-bond acceptors (Lipinski definition) is 7. The third-order valence-corrected chi connectivity index (χ3v) is 5.71. The van der Waals surface area contributed by atoms with E-state index in [9.17, 15) is 24.8 Å². The molecule has 0 atom stereocenters. The van der Waals surface area contributed by atoms with E-state index >= 15 is 0 Å². The van der Waals surface area contributed by atoms with Crippen LogP contribution in [0.1, 0.15) is 18.1 Å². The number of thiocarbonyl (C=S) groups is 1. The minimum absolute atomic E-state index is 0.00240. The van der Waals surface area contributed by atoms with Crippen LogP contribution < -0.4 is 5.32 Å². The van der Waals surface area contributed by atoms with E-state index < -0.39 is 16.6 Å². The van der Waals surface area contributed by atoms with Crippen molar-refractivity contribution in [2.24, 2.45) is 0 Å². The molecule has 1 aliphatic heterocycles. The molecule has 154 valence electrons. The van der Waals surface area contributed by atoms with Crippen LogP contribution in [0.3, 0.4) is 0 Å². The van der Waals surface area contributed by atoms with E-state index in [1.165, 1.54) is 16.5 Å². The number of phenolic OH excluding ortho intramolecular Hbond substituents is 1. The number of carbonyl (C=O) groups is 2. The molecule has 0 saturated carbocycles. The molecule has 10 heteroatoms. The first-order chi connectivity index (χ1) is 14.3. The highest BCUT2D eigenvalue weighted by Gasteiger charge is 2.33. The molecular weight excluding hydrogens is 426 g/mol. The molecule has 2 amide bonds. The molecule has 1 aliphatic rings. The Hall–Kier alpha value is -3.24. The van der Waals surface area contributed by atoms with Crippen LogP contribution >= 0.6 is 24.0 Å². The summed E-state index contributed by atoms with van der Waals surface area (Å²) in [7, 11) is 0. The summed E-state index contributed by atoms with van der Waals surface area (Å²) in [6.45, 7) is 1.72. The Bertz CT molecular complexity index is 1070. The van der Waals surface area contributed by atoms with Crippen LogP contribution in [0.5, 0.6) is 5.75 Å². The van der Waals surface area contributed by atoms with Crippen molar-refractivity contribution in [3.8, 4) is 5.75 Å². The number of carbonyl (C=O) groups excluding carboxylic acids is 2. The molecule has 30 heavy (non-hydrogen) atoms. The van der Waals surface area contributed by atoms with E-state index in [0.29, 0.717) is 4.91 Å². The number of anilines is 1. The monoisotopic (exact) mass is 443 g/mol. The Kier molecular flexibility index (Phi) is 6.48. The largest absolute Gasteiger partial charge is 0.506 e. The Morgan fingerprint density at radius 1 is 1.30 bits per heavy atom. The summed E-state index contributed by atoms with van der Waals surface area (Å²) >= 11 is 6.34. The van der Waals surface area contributed by atoms with Crippen molar-refractivity contribution in [2.45, 2.75) is 13.3 Å². The highest BCUT2D eigenvalue weighted by molar-refractivity contribution is 8.26. The van der Waals surface area contributed by atoms with Gasteiger partial charge in [-0.2, -0.15) is 0 Å². The number of aryl methyl sites for hydroxylation is 1. The molecule has 1 heterocycles. The lowest BCUT2D eigenvalue weighted by atomic mass is 10.1. The van der Waals surface area contributed by atoms with Crippen LogP contribution in [0.25, 0.3) is 6.08 Å². The number of aromatic hydroxyl groups is 1. The van der Waals surface area contributed by atoms with E-state index in [-0.39, 0.29) is 28.1 Å². The Morgan fingerprint density at radius 3 is 2.60 bits per heavy atom. The van der Waals surface area contributed by atoms with Gasteiger partial charge in [-0.3, -0.25) is 24.6 Å². The molecule has 0 radical (unpaired) electrons. The van der Waals surface area contributed by atoms with Crippen molar-refractivity contribution in [1.82, 2.24) is 4.90 Å². The number of phenols is 1. The maximum atomic E-state index is 12.7. The van der Waals surface area contributed by atoms with Gasteiger partial charge in [0.15, 0.2) is 0 Å². The van der Waals surface area contributed by atoms with Crippen molar-refractivity contribution in [3.63, 3.8) is 0 Å². The van der Waals surface area contributed by atoms with Gasteiger partial charge in [0.25, 0.3) is 11.6 Å². The quantitative estimate of drug-likeness (QED) is 0.230. The molecule has 0 aromatic heterocycles. The smallest absolute Gasteiger partial charge is 0.273 e. The van der Waals surface area contributed by atoms with E-state index in [1.807, 2.05) is 24.3 Å². The summed E-state index contributed by atoms with van der Waals surface area (Å²) in [6.07, 6.45) is 2.64. The van der Waals surface area contributed by atoms with Gasteiger partial charge in [0.1, 0.15) is 16.6 Å². The third-order valence-electron chi connectivity index (χ3n) is 4.33. The minimum Gasteiger partial charge on any atom is -0.506 e. The predicted molar refractivity (Wildman–Crippen MR) is 119 cm³/mol. The number of nitrogens with one attached hydrogen (secondary N) is 1. The van der Waals surface area contributed by atoms with Crippen LogP contribution in [-0.4, -0.2) is 37.6 Å². The van der Waals surface area contributed by atoms with Gasteiger partial charge in [-0.15, -0.1) is 0 Å². The van der Waals surface area contributed by atoms with Gasteiger partial charge in [-0.25, -0.2) is 0 Å². The third kappa shape index (κ3) is 4.84. The Morgan fingerprint density at radius 2 is 2.00 bits per heavy atom. The van der Waals surface area contributed by atoms with Crippen LogP contribution in [0.2, 0.25) is 0 Å². The van der Waals surface area contributed by atoms with Gasteiger partial charge >= 0.3 is 0 Å². The summed E-state index contributed by atoms with van der Waals surface area (Å²) in [5.74, 6) is -1.42. The van der Waals surface area contributed by atoms with Crippen LogP contribution in [0.15, 0.2) is 47.4 Å². The molecule has 0 unspecified atom stereocenters. The average molecular weight is 444 g/mol. The Labute approximate surface area is 181 Å². The van der Waals surface area contributed by atoms with Crippen molar-refractivity contribution in [3.05, 3.63) is 68.6 Å². The van der Waals surface area contributed by atoms with E-state index in [0.717, 1.165) is 35.9 Å². The molecule has 2 aromatic carbocycles. The number of non-ortho nitro benzene ring substituents is 1. The average Bonchev–Trinajstić information content (AvgIpc) is 2.97. The van der Waals surface area contributed by atoms with Crippen LogP contribution in [-0.2, 0) is 16.0 Å². The normalized spacial score (nSPS) is 15.0. The number of rotatable bonds is 6. The first kappa shape index (κ1) is 21.5. The lowest BCUT2D eigenvalue weighted by molar-refractivity contribution is -0.384. The fourth-order valence-electron chi connectivity index (χ4n) is 2.71. The molecule has 0 aliphatic carbocycles. The maximum absolute atomic E-state index is 12.7. The molecule has 2 N–H and O–H groups in total. The number of nitro groups is 1. The molecule has 2 aromatic rings. The number of hydrogen-bond donors (Lipinski definition) is 2. The highest BCUT2D eigenvalue weighted by Crippen LogP contribution is 2.33. The zero-order valence-corrected chi connectivity index (χ0v) is 17.5. The second-order valence-electron chi connectivity index (χ2n) is 6.37.